The third-order valence-electron chi connectivity index (χ3n) is 3.16. The number of hydrogen-bond donors (Lipinski definition) is 1. The van der Waals surface area contributed by atoms with Crippen LogP contribution in [0.4, 0.5) is 10.2 Å². The average molecular weight is 302 g/mol. The molecule has 2 rings (SSSR count). The summed E-state index contributed by atoms with van der Waals surface area (Å²) >= 11 is 3.16. The monoisotopic (exact) mass is 301 g/mol. The van der Waals surface area contributed by atoms with E-state index >= 15 is 0 Å². The highest BCUT2D eigenvalue weighted by atomic mass is 79.9. The van der Waals surface area contributed by atoms with Gasteiger partial charge in [0.25, 0.3) is 0 Å². The first-order valence-corrected chi connectivity index (χ1v) is 6.07. The van der Waals surface area contributed by atoms with Gasteiger partial charge >= 0.3 is 0 Å². The molecule has 1 atom stereocenters. The second kappa shape index (κ2) is 4.25. The molecule has 92 valence electrons. The second-order valence-corrected chi connectivity index (χ2v) is 5.47. The maximum absolute atomic E-state index is 13.7. The van der Waals surface area contributed by atoms with E-state index in [1.807, 2.05) is 0 Å². The zero-order valence-corrected chi connectivity index (χ0v) is 11.0. The molecule has 1 fully saturated rings. The third kappa shape index (κ3) is 2.26. The van der Waals surface area contributed by atoms with Gasteiger partial charge in [0, 0.05) is 23.8 Å². The van der Waals surface area contributed by atoms with Crippen LogP contribution < -0.4 is 10.6 Å². The van der Waals surface area contributed by atoms with Gasteiger partial charge in [0.2, 0.25) is 5.91 Å². The number of anilines is 1. The average Bonchev–Trinajstić information content (AvgIpc) is 2.62. The van der Waals surface area contributed by atoms with Crippen molar-refractivity contribution in [3.63, 3.8) is 0 Å². The Bertz CT molecular complexity index is 468. The lowest BCUT2D eigenvalue weighted by atomic mass is 9.89. The van der Waals surface area contributed by atoms with Crippen LogP contribution in [0.5, 0.6) is 0 Å². The highest BCUT2D eigenvalue weighted by molar-refractivity contribution is 9.10. The molecule has 0 aliphatic carbocycles. The summed E-state index contributed by atoms with van der Waals surface area (Å²) in [6, 6.07) is 1.36. The maximum Gasteiger partial charge on any atom is 0.225 e. The molecule has 2 N–H and O–H groups in total. The number of pyridine rings is 1. The fourth-order valence-corrected chi connectivity index (χ4v) is 2.29. The van der Waals surface area contributed by atoms with E-state index in [2.05, 4.69) is 20.9 Å². The Morgan fingerprint density at radius 2 is 2.41 bits per heavy atom. The summed E-state index contributed by atoms with van der Waals surface area (Å²) < 4.78 is 14.3. The maximum atomic E-state index is 13.7. The molecule has 1 aliphatic heterocycles. The summed E-state index contributed by atoms with van der Waals surface area (Å²) in [5, 5.41) is 0. The van der Waals surface area contributed by atoms with Crippen LogP contribution in [0.25, 0.3) is 0 Å². The van der Waals surface area contributed by atoms with Gasteiger partial charge in [-0.05, 0) is 35.3 Å². The van der Waals surface area contributed by atoms with Crippen molar-refractivity contribution >= 4 is 27.7 Å². The molecule has 1 aromatic rings. The highest BCUT2D eigenvalue weighted by Crippen LogP contribution is 2.33. The van der Waals surface area contributed by atoms with Gasteiger partial charge in [-0.3, -0.25) is 4.79 Å². The summed E-state index contributed by atoms with van der Waals surface area (Å²) in [7, 11) is 0. The minimum atomic E-state index is -0.596. The van der Waals surface area contributed by atoms with Crippen molar-refractivity contribution in [1.29, 1.82) is 0 Å². The highest BCUT2D eigenvalue weighted by Gasteiger charge is 2.39. The molecule has 4 nitrogen and oxygen atoms in total. The van der Waals surface area contributed by atoms with Crippen molar-refractivity contribution in [2.75, 3.05) is 18.0 Å². The van der Waals surface area contributed by atoms with E-state index in [4.69, 9.17) is 5.73 Å². The van der Waals surface area contributed by atoms with E-state index < -0.39 is 11.2 Å². The lowest BCUT2D eigenvalue weighted by Crippen LogP contribution is -2.37. The molecule has 6 heteroatoms. The number of nitrogens with zero attached hydrogens (tertiary/aromatic N) is 2. The van der Waals surface area contributed by atoms with Gasteiger partial charge < -0.3 is 10.6 Å². The molecule has 1 aromatic heterocycles. The van der Waals surface area contributed by atoms with Gasteiger partial charge in [0.15, 0.2) is 11.6 Å². The van der Waals surface area contributed by atoms with Gasteiger partial charge in [0.1, 0.15) is 0 Å². The topological polar surface area (TPSA) is 59.2 Å². The quantitative estimate of drug-likeness (QED) is 0.904. The minimum Gasteiger partial charge on any atom is -0.369 e. The first-order chi connectivity index (χ1) is 7.92. The summed E-state index contributed by atoms with van der Waals surface area (Å²) in [5.41, 5.74) is 4.75. The van der Waals surface area contributed by atoms with Crippen LogP contribution in [-0.4, -0.2) is 24.0 Å². The van der Waals surface area contributed by atoms with Crippen molar-refractivity contribution in [3.05, 3.63) is 22.6 Å². The first kappa shape index (κ1) is 12.3. The smallest absolute Gasteiger partial charge is 0.225 e. The van der Waals surface area contributed by atoms with Crippen LogP contribution in [0.2, 0.25) is 0 Å². The molecule has 0 spiro atoms. The number of aromatic nitrogens is 1. The standard InChI is InChI=1S/C11H13BrFN3O/c1-11(10(14)17)2-3-16(6-11)9-8(13)4-7(12)5-15-9/h4-5H,2-3,6H2,1H3,(H2,14,17). The van der Waals surface area contributed by atoms with Crippen molar-refractivity contribution in [2.45, 2.75) is 13.3 Å². The lowest BCUT2D eigenvalue weighted by Gasteiger charge is -2.21. The van der Waals surface area contributed by atoms with E-state index in [9.17, 15) is 9.18 Å². The van der Waals surface area contributed by atoms with Crippen molar-refractivity contribution in [2.24, 2.45) is 11.1 Å². The Labute approximate surface area is 107 Å². The Morgan fingerprint density at radius 3 is 2.94 bits per heavy atom. The first-order valence-electron chi connectivity index (χ1n) is 5.28. The molecule has 1 amide bonds. The summed E-state index contributed by atoms with van der Waals surface area (Å²) in [6.45, 7) is 2.80. The normalized spacial score (nSPS) is 24.1. The number of primary amides is 1. The predicted molar refractivity (Wildman–Crippen MR) is 66.0 cm³/mol. The van der Waals surface area contributed by atoms with E-state index in [1.165, 1.54) is 6.07 Å². The van der Waals surface area contributed by atoms with Crippen LogP contribution >= 0.6 is 15.9 Å². The fourth-order valence-electron chi connectivity index (χ4n) is 1.98. The van der Waals surface area contributed by atoms with Gasteiger partial charge in [-0.2, -0.15) is 0 Å². The van der Waals surface area contributed by atoms with Crippen molar-refractivity contribution in [3.8, 4) is 0 Å². The number of carbonyl (C=O) groups is 1. The molecular formula is C11H13BrFN3O. The molecule has 17 heavy (non-hydrogen) atoms. The molecular weight excluding hydrogens is 289 g/mol. The van der Waals surface area contributed by atoms with E-state index in [-0.39, 0.29) is 11.7 Å². The minimum absolute atomic E-state index is 0.276. The summed E-state index contributed by atoms with van der Waals surface area (Å²) in [4.78, 5) is 17.1. The summed E-state index contributed by atoms with van der Waals surface area (Å²) in [6.07, 6.45) is 2.16. The van der Waals surface area contributed by atoms with Gasteiger partial charge in [0.05, 0.1) is 5.41 Å². The van der Waals surface area contributed by atoms with Gasteiger partial charge in [-0.1, -0.05) is 0 Å². The third-order valence-corrected chi connectivity index (χ3v) is 3.59. The summed E-state index contributed by atoms with van der Waals surface area (Å²) in [5.74, 6) is -0.469. The molecule has 2 heterocycles. The number of amides is 1. The van der Waals surface area contributed by atoms with Gasteiger partial charge in [-0.25, -0.2) is 9.37 Å². The number of nitrogens with two attached hydrogens (primary N) is 1. The predicted octanol–water partition coefficient (Wildman–Crippen LogP) is 1.68. The van der Waals surface area contributed by atoms with E-state index in [0.29, 0.717) is 24.0 Å². The van der Waals surface area contributed by atoms with Gasteiger partial charge in [-0.15, -0.1) is 0 Å². The molecule has 1 unspecified atom stereocenters. The lowest BCUT2D eigenvalue weighted by molar-refractivity contribution is -0.125. The zero-order chi connectivity index (χ0) is 12.6. The molecule has 0 aromatic carbocycles. The Balaban J connectivity index is 2.24. The second-order valence-electron chi connectivity index (χ2n) is 4.56. The van der Waals surface area contributed by atoms with Crippen LogP contribution in [-0.2, 0) is 4.79 Å². The van der Waals surface area contributed by atoms with E-state index in [1.54, 1.807) is 18.0 Å². The van der Waals surface area contributed by atoms with Crippen LogP contribution in [0.15, 0.2) is 16.7 Å². The van der Waals surface area contributed by atoms with Crippen LogP contribution in [0, 0.1) is 11.2 Å². The number of hydrogen-bond acceptors (Lipinski definition) is 3. The number of rotatable bonds is 2. The number of carbonyl (C=O) groups excluding carboxylic acids is 1. The van der Waals surface area contributed by atoms with Crippen molar-refractivity contribution < 1.29 is 9.18 Å². The zero-order valence-electron chi connectivity index (χ0n) is 9.41. The molecule has 0 bridgehead atoms. The SMILES string of the molecule is CC1(C(N)=O)CCN(c2ncc(Br)cc2F)C1. The van der Waals surface area contributed by atoms with Crippen molar-refractivity contribution in [1.82, 2.24) is 4.98 Å². The Kier molecular flexibility index (Phi) is 3.07. The largest absolute Gasteiger partial charge is 0.369 e. The Morgan fingerprint density at radius 1 is 1.71 bits per heavy atom. The molecule has 0 saturated carbocycles. The van der Waals surface area contributed by atoms with Crippen LogP contribution in [0.1, 0.15) is 13.3 Å². The molecule has 1 aliphatic rings. The van der Waals surface area contributed by atoms with E-state index in [0.717, 1.165) is 0 Å². The molecule has 0 radical (unpaired) electrons. The Hall–Kier alpha value is -1.17. The number of halogens is 2. The molecule has 1 saturated heterocycles. The van der Waals surface area contributed by atoms with Crippen LogP contribution in [0.3, 0.4) is 0 Å². The fraction of sp³-hybridized carbons (Fsp3) is 0.455.